The average Bonchev–Trinajstić information content (AvgIpc) is 2.82. The quantitative estimate of drug-likeness (QED) is 0.799. The van der Waals surface area contributed by atoms with Gasteiger partial charge in [-0.05, 0) is 43.4 Å². The fourth-order valence-electron chi connectivity index (χ4n) is 2.05. The maximum atomic E-state index is 5.84. The third kappa shape index (κ3) is 2.84. The van der Waals surface area contributed by atoms with Gasteiger partial charge in [0.1, 0.15) is 0 Å². The lowest BCUT2D eigenvalue weighted by molar-refractivity contribution is 0.517. The Morgan fingerprint density at radius 1 is 1.56 bits per heavy atom. The molecular weight excluding hydrogens is 216 g/mol. The van der Waals surface area contributed by atoms with Gasteiger partial charge < -0.3 is 11.1 Å². The Kier molecular flexibility index (Phi) is 4.00. The van der Waals surface area contributed by atoms with Gasteiger partial charge in [-0.2, -0.15) is 0 Å². The third-order valence-electron chi connectivity index (χ3n) is 3.51. The van der Waals surface area contributed by atoms with Crippen LogP contribution in [0.15, 0.2) is 12.1 Å². The zero-order chi connectivity index (χ0) is 11.5. The topological polar surface area (TPSA) is 38.0 Å². The van der Waals surface area contributed by atoms with Crippen molar-refractivity contribution >= 4 is 11.3 Å². The first kappa shape index (κ1) is 12.1. The Morgan fingerprint density at radius 2 is 2.31 bits per heavy atom. The first-order valence-electron chi connectivity index (χ1n) is 6.26. The lowest BCUT2D eigenvalue weighted by Gasteiger charge is -2.15. The molecule has 0 bridgehead atoms. The average molecular weight is 238 g/mol. The van der Waals surface area contributed by atoms with E-state index < -0.39 is 0 Å². The molecule has 0 radical (unpaired) electrons. The summed E-state index contributed by atoms with van der Waals surface area (Å²) < 4.78 is 0. The predicted molar refractivity (Wildman–Crippen MR) is 70.8 cm³/mol. The van der Waals surface area contributed by atoms with Crippen LogP contribution in [0, 0.1) is 11.8 Å². The van der Waals surface area contributed by atoms with Crippen molar-refractivity contribution in [3.05, 3.63) is 21.9 Å². The Labute approximate surface area is 102 Å². The zero-order valence-electron chi connectivity index (χ0n) is 10.2. The molecule has 1 fully saturated rings. The van der Waals surface area contributed by atoms with Gasteiger partial charge in [0.2, 0.25) is 0 Å². The van der Waals surface area contributed by atoms with Crippen LogP contribution in [0.4, 0.5) is 0 Å². The molecule has 3 heteroatoms. The smallest absolute Gasteiger partial charge is 0.0539 e. The molecule has 1 aromatic rings. The first-order valence-corrected chi connectivity index (χ1v) is 7.08. The minimum atomic E-state index is 0.359. The van der Waals surface area contributed by atoms with Crippen molar-refractivity contribution in [1.82, 2.24) is 5.32 Å². The maximum Gasteiger partial charge on any atom is 0.0539 e. The molecule has 0 spiro atoms. The summed E-state index contributed by atoms with van der Waals surface area (Å²) in [7, 11) is 0. The van der Waals surface area contributed by atoms with E-state index >= 15 is 0 Å². The highest BCUT2D eigenvalue weighted by atomic mass is 32.1. The van der Waals surface area contributed by atoms with Crippen molar-refractivity contribution in [3.63, 3.8) is 0 Å². The predicted octanol–water partition coefficient (Wildman–Crippen LogP) is 2.56. The fraction of sp³-hybridized carbons (Fsp3) is 0.692. The SMILES string of the molecule is CCc1ccc(C(CN)NCC2CC2C)s1. The number of hydrogen-bond donors (Lipinski definition) is 2. The van der Waals surface area contributed by atoms with Crippen molar-refractivity contribution in [2.45, 2.75) is 32.7 Å². The van der Waals surface area contributed by atoms with Crippen LogP contribution in [-0.2, 0) is 6.42 Å². The molecule has 3 atom stereocenters. The molecule has 1 aliphatic rings. The van der Waals surface area contributed by atoms with Crippen LogP contribution in [-0.4, -0.2) is 13.1 Å². The Hall–Kier alpha value is -0.380. The van der Waals surface area contributed by atoms with Crippen molar-refractivity contribution in [2.24, 2.45) is 17.6 Å². The van der Waals surface area contributed by atoms with Gasteiger partial charge in [0.25, 0.3) is 0 Å². The monoisotopic (exact) mass is 238 g/mol. The van der Waals surface area contributed by atoms with Crippen LogP contribution in [0.3, 0.4) is 0 Å². The van der Waals surface area contributed by atoms with Crippen LogP contribution in [0.2, 0.25) is 0 Å². The Balaban J connectivity index is 1.88. The summed E-state index contributed by atoms with van der Waals surface area (Å²) in [6, 6.07) is 4.81. The largest absolute Gasteiger partial charge is 0.329 e. The Bertz CT molecular complexity index is 334. The van der Waals surface area contributed by atoms with Gasteiger partial charge in [0.05, 0.1) is 6.04 Å². The highest BCUT2D eigenvalue weighted by Gasteiger charge is 2.32. The second-order valence-electron chi connectivity index (χ2n) is 4.83. The normalized spacial score (nSPS) is 25.7. The summed E-state index contributed by atoms with van der Waals surface area (Å²) in [5, 5.41) is 3.60. The number of nitrogens with two attached hydrogens (primary N) is 1. The summed E-state index contributed by atoms with van der Waals surface area (Å²) in [6.45, 7) is 6.35. The number of rotatable bonds is 6. The number of aryl methyl sites for hydroxylation is 1. The third-order valence-corrected chi connectivity index (χ3v) is 4.86. The molecule has 0 aliphatic heterocycles. The molecule has 1 aliphatic carbocycles. The molecule has 90 valence electrons. The van der Waals surface area contributed by atoms with E-state index in [2.05, 4.69) is 31.3 Å². The van der Waals surface area contributed by atoms with E-state index in [0.29, 0.717) is 12.6 Å². The van der Waals surface area contributed by atoms with Crippen molar-refractivity contribution in [2.75, 3.05) is 13.1 Å². The number of thiophene rings is 1. The summed E-state index contributed by atoms with van der Waals surface area (Å²) in [5.74, 6) is 1.81. The van der Waals surface area contributed by atoms with Gasteiger partial charge in [-0.3, -0.25) is 0 Å². The summed E-state index contributed by atoms with van der Waals surface area (Å²) in [5.41, 5.74) is 5.84. The van der Waals surface area contributed by atoms with Gasteiger partial charge in [-0.1, -0.05) is 13.8 Å². The van der Waals surface area contributed by atoms with Crippen LogP contribution in [0.25, 0.3) is 0 Å². The van der Waals surface area contributed by atoms with E-state index in [9.17, 15) is 0 Å². The molecule has 0 aromatic carbocycles. The van der Waals surface area contributed by atoms with E-state index in [1.54, 1.807) is 0 Å². The van der Waals surface area contributed by atoms with Gasteiger partial charge in [-0.25, -0.2) is 0 Å². The molecule has 3 N–H and O–H groups in total. The fourth-order valence-corrected chi connectivity index (χ4v) is 3.09. The van der Waals surface area contributed by atoms with Gasteiger partial charge >= 0.3 is 0 Å². The summed E-state index contributed by atoms with van der Waals surface area (Å²) in [4.78, 5) is 2.85. The molecule has 2 rings (SSSR count). The van der Waals surface area contributed by atoms with E-state index in [4.69, 9.17) is 5.73 Å². The van der Waals surface area contributed by atoms with Gasteiger partial charge in [0, 0.05) is 16.3 Å². The maximum absolute atomic E-state index is 5.84. The second-order valence-corrected chi connectivity index (χ2v) is 6.03. The van der Waals surface area contributed by atoms with Crippen LogP contribution < -0.4 is 11.1 Å². The highest BCUT2D eigenvalue weighted by Crippen LogP contribution is 2.37. The van der Waals surface area contributed by atoms with Gasteiger partial charge in [0.15, 0.2) is 0 Å². The van der Waals surface area contributed by atoms with Gasteiger partial charge in [-0.15, -0.1) is 11.3 Å². The molecule has 1 heterocycles. The summed E-state index contributed by atoms with van der Waals surface area (Å²) >= 11 is 1.90. The van der Waals surface area contributed by atoms with E-state index in [0.717, 1.165) is 24.8 Å². The minimum Gasteiger partial charge on any atom is -0.329 e. The molecule has 1 aromatic heterocycles. The standard InChI is InChI=1S/C13H22N2S/c1-3-11-4-5-13(16-11)12(7-14)15-8-10-6-9(10)2/h4-5,9-10,12,15H,3,6-8,14H2,1-2H3. The molecule has 3 unspecified atom stereocenters. The van der Waals surface area contributed by atoms with Crippen molar-refractivity contribution < 1.29 is 0 Å². The van der Waals surface area contributed by atoms with Crippen LogP contribution in [0.5, 0.6) is 0 Å². The lowest BCUT2D eigenvalue weighted by atomic mass is 10.2. The number of hydrogen-bond acceptors (Lipinski definition) is 3. The molecule has 0 saturated heterocycles. The zero-order valence-corrected chi connectivity index (χ0v) is 11.0. The van der Waals surface area contributed by atoms with Crippen LogP contribution in [0.1, 0.15) is 36.1 Å². The highest BCUT2D eigenvalue weighted by molar-refractivity contribution is 7.12. The van der Waals surface area contributed by atoms with Crippen LogP contribution >= 0.6 is 11.3 Å². The second kappa shape index (κ2) is 5.30. The first-order chi connectivity index (χ1) is 7.74. The molecule has 16 heavy (non-hydrogen) atoms. The van der Waals surface area contributed by atoms with E-state index in [1.807, 2.05) is 11.3 Å². The Morgan fingerprint density at radius 3 is 2.81 bits per heavy atom. The molecule has 0 amide bonds. The van der Waals surface area contributed by atoms with Crippen molar-refractivity contribution in [3.8, 4) is 0 Å². The lowest BCUT2D eigenvalue weighted by Crippen LogP contribution is -2.29. The van der Waals surface area contributed by atoms with E-state index in [1.165, 1.54) is 16.2 Å². The summed E-state index contributed by atoms with van der Waals surface area (Å²) in [6.07, 6.45) is 2.51. The molecular formula is C13H22N2S. The molecule has 2 nitrogen and oxygen atoms in total. The molecule has 1 saturated carbocycles. The number of nitrogens with one attached hydrogen (secondary N) is 1. The minimum absolute atomic E-state index is 0.359. The van der Waals surface area contributed by atoms with Crippen molar-refractivity contribution in [1.29, 1.82) is 0 Å². The van der Waals surface area contributed by atoms with E-state index in [-0.39, 0.29) is 0 Å².